The molecule has 0 aromatic heterocycles. The Bertz CT molecular complexity index is 173. The maximum Gasteiger partial charge on any atom is 2.00 e. The maximum atomic E-state index is 9.48. The molecule has 13 heavy (non-hydrogen) atoms. The van der Waals surface area contributed by atoms with Gasteiger partial charge in [0.2, 0.25) is 0 Å². The van der Waals surface area contributed by atoms with Crippen molar-refractivity contribution in [3.05, 3.63) is 0 Å². The molecule has 0 aliphatic carbocycles. The summed E-state index contributed by atoms with van der Waals surface area (Å²) in [5, 5.41) is 18.5. The van der Waals surface area contributed by atoms with Gasteiger partial charge in [-0.2, -0.15) is 0 Å². The maximum absolute atomic E-state index is 9.48. The van der Waals surface area contributed by atoms with Crippen LogP contribution in [0.25, 0.3) is 0 Å². The third kappa shape index (κ3) is 18.1. The van der Waals surface area contributed by atoms with E-state index >= 15 is 0 Å². The fraction of sp³-hybridized carbons (Fsp3) is 0.333. The minimum absolute atomic E-state index is 0. The van der Waals surface area contributed by atoms with Crippen molar-refractivity contribution < 1.29 is 29.4 Å². The fourth-order valence-corrected chi connectivity index (χ4v) is 0. The van der Waals surface area contributed by atoms with Crippen LogP contribution in [0.4, 0.5) is 0 Å². The topological polar surface area (TPSA) is 114 Å². The van der Waals surface area contributed by atoms with E-state index in [-0.39, 0.29) is 17.1 Å². The Labute approximate surface area is 84.4 Å². The van der Waals surface area contributed by atoms with Gasteiger partial charge in [0.05, 0.1) is 0 Å². The Morgan fingerprint density at radius 3 is 0.846 bits per heavy atom. The monoisotopic (exact) mass is 254 g/mol. The van der Waals surface area contributed by atoms with E-state index in [0.29, 0.717) is 0 Å². The number of carbonyl (C=O) groups is 4. The second-order valence-corrected chi connectivity index (χ2v) is 1.69. The van der Waals surface area contributed by atoms with Crippen LogP contribution in [0.5, 0.6) is 0 Å². The fourth-order valence-electron chi connectivity index (χ4n) is 0. The summed E-state index contributed by atoms with van der Waals surface area (Å²) in [6.07, 6.45) is 0. The number of hydrogen-bond acceptors (Lipinski definition) is 6. The van der Waals surface area contributed by atoms with Crippen LogP contribution >= 0.6 is 0 Å². The van der Waals surface area contributed by atoms with Gasteiger partial charge in [-0.1, -0.05) is 0 Å². The average Bonchev–Trinajstić information content (AvgIpc) is 1.88. The van der Waals surface area contributed by atoms with Crippen molar-refractivity contribution in [2.24, 2.45) is 0 Å². The summed E-state index contributed by atoms with van der Waals surface area (Å²) < 4.78 is 0. The largest absolute Gasteiger partial charge is 2.00 e. The van der Waals surface area contributed by atoms with Crippen molar-refractivity contribution in [2.45, 2.75) is 13.8 Å². The third-order valence-electron chi connectivity index (χ3n) is 0.575. The van der Waals surface area contributed by atoms with Gasteiger partial charge in [-0.25, -0.2) is 0 Å². The second-order valence-electron chi connectivity index (χ2n) is 1.69. The Morgan fingerprint density at radius 1 is 0.769 bits per heavy atom. The van der Waals surface area contributed by atoms with Gasteiger partial charge >= 0.3 is 17.1 Å². The molecule has 0 aliphatic rings. The van der Waals surface area contributed by atoms with Crippen molar-refractivity contribution in [3.63, 3.8) is 0 Å². The van der Waals surface area contributed by atoms with E-state index in [2.05, 4.69) is 0 Å². The van der Waals surface area contributed by atoms with Gasteiger partial charge in [0.25, 0.3) is 0 Å². The normalized spacial score (nSPS) is 6.92. The molecule has 0 aromatic carbocycles. The summed E-state index contributed by atoms with van der Waals surface area (Å²) in [5.41, 5.74) is 0. The Balaban J connectivity index is -0.000000143. The zero-order valence-electron chi connectivity index (χ0n) is 6.86. The summed E-state index contributed by atoms with van der Waals surface area (Å²) in [5.74, 6) is -5.13. The molecular weight excluding hydrogens is 247 g/mol. The van der Waals surface area contributed by atoms with E-state index in [9.17, 15) is 29.4 Å². The van der Waals surface area contributed by atoms with Crippen LogP contribution in [0.2, 0.25) is 0 Å². The molecule has 0 amide bonds. The minimum atomic E-state index is -1.63. The molecule has 0 rings (SSSR count). The third-order valence-corrected chi connectivity index (χ3v) is 0.575. The number of Topliss-reactive ketones (excluding diaryl/α,β-unsaturated/α-hetero) is 2. The first-order chi connectivity index (χ1) is 5.29. The molecule has 0 unspecified atom stereocenters. The van der Waals surface area contributed by atoms with Crippen molar-refractivity contribution in [2.75, 3.05) is 0 Å². The van der Waals surface area contributed by atoms with E-state index in [1.54, 1.807) is 0 Å². The molecule has 0 atom stereocenters. The molecule has 0 saturated heterocycles. The molecule has 0 aromatic rings. The van der Waals surface area contributed by atoms with Crippen LogP contribution in [0.15, 0.2) is 0 Å². The van der Waals surface area contributed by atoms with Gasteiger partial charge in [-0.05, 0) is 0 Å². The summed E-state index contributed by atoms with van der Waals surface area (Å²) >= 11 is 0. The molecule has 0 N–H and O–H groups in total. The second kappa shape index (κ2) is 8.89. The Kier molecular flexibility index (Phi) is 12.2. The summed E-state index contributed by atoms with van der Waals surface area (Å²) in [4.78, 5) is 37.4. The van der Waals surface area contributed by atoms with Crippen LogP contribution in [-0.2, 0) is 19.2 Å². The van der Waals surface area contributed by atoms with Gasteiger partial charge in [0.15, 0.2) is 11.6 Å². The van der Waals surface area contributed by atoms with E-state index in [1.807, 2.05) is 0 Å². The average molecular weight is 253 g/mol. The Hall–Kier alpha value is -1.20. The number of ketones is 2. The van der Waals surface area contributed by atoms with Gasteiger partial charge in [-0.3, -0.25) is 9.59 Å². The van der Waals surface area contributed by atoms with E-state index in [4.69, 9.17) is 0 Å². The molecule has 0 heterocycles. The summed E-state index contributed by atoms with van der Waals surface area (Å²) in [7, 11) is 0. The quantitative estimate of drug-likeness (QED) is 0.369. The standard InChI is InChI=1S/2C3H4O3.Se/c2*1-2(4)3(5)6;/h2*1H3,(H,5,6);/q;;+2/p-2. The molecule has 4 radical (unpaired) electrons. The molecule has 0 saturated carbocycles. The SMILES string of the molecule is CC(=O)C(=O)[O-].CC(=O)C(=O)[O-].[Se+2]. The smallest absolute Gasteiger partial charge is 0.542 e. The van der Waals surface area contributed by atoms with Crippen LogP contribution in [0, 0.1) is 0 Å². The predicted molar refractivity (Wildman–Crippen MR) is 37.1 cm³/mol. The van der Waals surface area contributed by atoms with Crippen molar-refractivity contribution in [1.82, 2.24) is 0 Å². The van der Waals surface area contributed by atoms with Crippen molar-refractivity contribution in [1.29, 1.82) is 0 Å². The number of carboxylic acid groups (broad SMARTS) is 2. The van der Waals surface area contributed by atoms with Gasteiger partial charge in [0.1, 0.15) is 11.9 Å². The van der Waals surface area contributed by atoms with Crippen molar-refractivity contribution >= 4 is 40.6 Å². The zero-order chi connectivity index (χ0) is 10.3. The Morgan fingerprint density at radius 2 is 0.846 bits per heavy atom. The summed E-state index contributed by atoms with van der Waals surface area (Å²) in [6, 6.07) is 0. The van der Waals surface area contributed by atoms with Crippen LogP contribution in [0.3, 0.4) is 0 Å². The van der Waals surface area contributed by atoms with Crippen LogP contribution in [0.1, 0.15) is 13.8 Å². The zero-order valence-corrected chi connectivity index (χ0v) is 8.57. The van der Waals surface area contributed by atoms with E-state index in [1.165, 1.54) is 0 Å². The van der Waals surface area contributed by atoms with Crippen LogP contribution < -0.4 is 10.2 Å². The first-order valence-corrected chi connectivity index (χ1v) is 2.72. The molecule has 72 valence electrons. The van der Waals surface area contributed by atoms with E-state index in [0.717, 1.165) is 13.8 Å². The molecule has 0 fully saturated rings. The number of carbonyl (C=O) groups excluding carboxylic acids is 4. The van der Waals surface area contributed by atoms with Crippen molar-refractivity contribution in [3.8, 4) is 0 Å². The molecular formula is C6H6O6Se. The first-order valence-electron chi connectivity index (χ1n) is 2.72. The molecule has 0 spiro atoms. The predicted octanol–water partition coefficient (Wildman–Crippen LogP) is -3.73. The number of carboxylic acids is 2. The first kappa shape index (κ1) is 17.8. The van der Waals surface area contributed by atoms with Gasteiger partial charge in [0, 0.05) is 13.8 Å². The van der Waals surface area contributed by atoms with Gasteiger partial charge in [-0.15, -0.1) is 0 Å². The van der Waals surface area contributed by atoms with E-state index < -0.39 is 23.5 Å². The number of hydrogen-bond donors (Lipinski definition) is 0. The molecule has 0 bridgehead atoms. The number of aliphatic carboxylic acids is 2. The molecule has 6 nitrogen and oxygen atoms in total. The number of rotatable bonds is 2. The van der Waals surface area contributed by atoms with Gasteiger partial charge < -0.3 is 19.8 Å². The summed E-state index contributed by atoms with van der Waals surface area (Å²) in [6.45, 7) is 1.88. The van der Waals surface area contributed by atoms with Crippen LogP contribution in [-0.4, -0.2) is 40.6 Å². The molecule has 7 heteroatoms. The molecule has 0 aliphatic heterocycles. The minimum Gasteiger partial charge on any atom is -0.542 e.